The Hall–Kier alpha value is -0.0800. The third kappa shape index (κ3) is 4.89. The van der Waals surface area contributed by atoms with Gasteiger partial charge in [-0.2, -0.15) is 0 Å². The van der Waals surface area contributed by atoms with Crippen molar-refractivity contribution in [2.45, 2.75) is 78.8 Å². The summed E-state index contributed by atoms with van der Waals surface area (Å²) in [5.74, 6) is 0. The van der Waals surface area contributed by atoms with E-state index in [0.717, 1.165) is 6.04 Å². The zero-order chi connectivity index (χ0) is 13.6. The number of piperazine rings is 1. The van der Waals surface area contributed by atoms with Crippen molar-refractivity contribution in [2.75, 3.05) is 19.6 Å². The minimum Gasteiger partial charge on any atom is -0.311 e. The van der Waals surface area contributed by atoms with Crippen LogP contribution in [-0.4, -0.2) is 36.6 Å². The van der Waals surface area contributed by atoms with E-state index >= 15 is 0 Å². The van der Waals surface area contributed by atoms with Crippen molar-refractivity contribution >= 4 is 0 Å². The summed E-state index contributed by atoms with van der Waals surface area (Å²) in [6.45, 7) is 15.4. The van der Waals surface area contributed by atoms with E-state index in [2.05, 4.69) is 44.8 Å². The molecule has 2 nitrogen and oxygen atoms in total. The van der Waals surface area contributed by atoms with Crippen LogP contribution in [0.4, 0.5) is 0 Å². The van der Waals surface area contributed by atoms with Crippen molar-refractivity contribution in [1.29, 1.82) is 0 Å². The highest BCUT2D eigenvalue weighted by atomic mass is 15.2. The summed E-state index contributed by atoms with van der Waals surface area (Å²) in [5.41, 5.74) is 0.375. The highest BCUT2D eigenvalue weighted by Crippen LogP contribution is 2.25. The Morgan fingerprint density at radius 2 is 1.83 bits per heavy atom. The first kappa shape index (κ1) is 16.0. The fraction of sp³-hybridized carbons (Fsp3) is 1.00. The fourth-order valence-electron chi connectivity index (χ4n) is 2.89. The summed E-state index contributed by atoms with van der Waals surface area (Å²) in [5, 5.41) is 3.77. The minimum atomic E-state index is 0.375. The van der Waals surface area contributed by atoms with Gasteiger partial charge in [0.2, 0.25) is 0 Å². The number of rotatable bonds is 6. The molecule has 0 radical (unpaired) electrons. The highest BCUT2D eigenvalue weighted by molar-refractivity contribution is 4.91. The maximum absolute atomic E-state index is 3.77. The van der Waals surface area contributed by atoms with Gasteiger partial charge in [0.05, 0.1) is 0 Å². The zero-order valence-electron chi connectivity index (χ0n) is 13.3. The van der Waals surface area contributed by atoms with E-state index in [1.807, 2.05) is 0 Å². The predicted molar refractivity (Wildman–Crippen MR) is 81.0 cm³/mol. The van der Waals surface area contributed by atoms with Crippen LogP contribution in [0.3, 0.4) is 0 Å². The molecule has 0 aliphatic carbocycles. The molecule has 0 spiro atoms. The lowest BCUT2D eigenvalue weighted by molar-refractivity contribution is 0.0794. The Morgan fingerprint density at radius 1 is 1.11 bits per heavy atom. The maximum Gasteiger partial charge on any atom is 0.0244 e. The van der Waals surface area contributed by atoms with Crippen LogP contribution >= 0.6 is 0 Å². The van der Waals surface area contributed by atoms with Gasteiger partial charge in [-0.15, -0.1) is 0 Å². The molecule has 0 aromatic heterocycles. The lowest BCUT2D eigenvalue weighted by Gasteiger charge is -2.45. The van der Waals surface area contributed by atoms with Gasteiger partial charge in [-0.05, 0) is 24.8 Å². The molecule has 0 aromatic rings. The molecule has 2 unspecified atom stereocenters. The predicted octanol–water partition coefficient (Wildman–Crippen LogP) is 3.67. The summed E-state index contributed by atoms with van der Waals surface area (Å²) in [4.78, 5) is 2.76. The number of hydrogen-bond donors (Lipinski definition) is 1. The van der Waals surface area contributed by atoms with Crippen LogP contribution in [0.15, 0.2) is 0 Å². The van der Waals surface area contributed by atoms with Gasteiger partial charge in [-0.3, -0.25) is 4.90 Å². The largest absolute Gasteiger partial charge is 0.311 e. The molecule has 108 valence electrons. The molecular formula is C16H34N2. The number of nitrogens with one attached hydrogen (secondary N) is 1. The van der Waals surface area contributed by atoms with E-state index in [1.54, 1.807) is 0 Å². The molecule has 0 aromatic carbocycles. The van der Waals surface area contributed by atoms with Crippen LogP contribution in [0.5, 0.6) is 0 Å². The van der Waals surface area contributed by atoms with E-state index in [4.69, 9.17) is 0 Å². The molecule has 1 aliphatic rings. The molecule has 2 atom stereocenters. The van der Waals surface area contributed by atoms with Crippen LogP contribution in [0.1, 0.15) is 66.7 Å². The Kier molecular flexibility index (Phi) is 6.65. The topological polar surface area (TPSA) is 15.3 Å². The van der Waals surface area contributed by atoms with Gasteiger partial charge >= 0.3 is 0 Å². The number of unbranched alkanes of at least 4 members (excludes halogenated alkanes) is 2. The van der Waals surface area contributed by atoms with E-state index < -0.39 is 0 Å². The standard InChI is InChI=1S/C16H34N2/c1-6-8-9-11-18-13-15(16(3,4)5)17-12-14(18)10-7-2/h14-15,17H,6-13H2,1-5H3. The summed E-state index contributed by atoms with van der Waals surface area (Å²) in [6, 6.07) is 1.41. The fourth-order valence-corrected chi connectivity index (χ4v) is 2.89. The molecule has 18 heavy (non-hydrogen) atoms. The van der Waals surface area contributed by atoms with Crippen LogP contribution < -0.4 is 5.32 Å². The molecule has 1 rings (SSSR count). The third-order valence-corrected chi connectivity index (χ3v) is 4.25. The average molecular weight is 254 g/mol. The summed E-state index contributed by atoms with van der Waals surface area (Å²) in [7, 11) is 0. The highest BCUT2D eigenvalue weighted by Gasteiger charge is 2.33. The molecule has 1 fully saturated rings. The third-order valence-electron chi connectivity index (χ3n) is 4.25. The Balaban J connectivity index is 2.52. The van der Waals surface area contributed by atoms with E-state index in [0.29, 0.717) is 11.5 Å². The quantitative estimate of drug-likeness (QED) is 0.728. The van der Waals surface area contributed by atoms with Crippen LogP contribution in [-0.2, 0) is 0 Å². The van der Waals surface area contributed by atoms with Gasteiger partial charge in [-0.25, -0.2) is 0 Å². The normalized spacial score (nSPS) is 26.5. The van der Waals surface area contributed by atoms with Gasteiger partial charge in [0.25, 0.3) is 0 Å². The molecule has 0 bridgehead atoms. The second-order valence-corrected chi connectivity index (χ2v) is 6.97. The first-order valence-corrected chi connectivity index (χ1v) is 7.96. The molecule has 2 heteroatoms. The van der Waals surface area contributed by atoms with Crippen molar-refractivity contribution < 1.29 is 0 Å². The van der Waals surface area contributed by atoms with Gasteiger partial charge in [0.1, 0.15) is 0 Å². The SMILES string of the molecule is CCCCCN1CC(C(C)(C)C)NCC1CCC. The van der Waals surface area contributed by atoms with Crippen molar-refractivity contribution in [3.05, 3.63) is 0 Å². The van der Waals surface area contributed by atoms with Crippen molar-refractivity contribution in [3.8, 4) is 0 Å². The van der Waals surface area contributed by atoms with E-state index in [-0.39, 0.29) is 0 Å². The Morgan fingerprint density at radius 3 is 2.39 bits per heavy atom. The summed E-state index contributed by atoms with van der Waals surface area (Å²) >= 11 is 0. The van der Waals surface area contributed by atoms with Crippen molar-refractivity contribution in [1.82, 2.24) is 10.2 Å². The molecule has 0 amide bonds. The minimum absolute atomic E-state index is 0.375. The van der Waals surface area contributed by atoms with Crippen molar-refractivity contribution in [3.63, 3.8) is 0 Å². The van der Waals surface area contributed by atoms with Gasteiger partial charge in [0, 0.05) is 25.2 Å². The van der Waals surface area contributed by atoms with Crippen molar-refractivity contribution in [2.24, 2.45) is 5.41 Å². The summed E-state index contributed by atoms with van der Waals surface area (Å²) in [6.07, 6.45) is 6.72. The van der Waals surface area contributed by atoms with Gasteiger partial charge in [0.15, 0.2) is 0 Å². The summed E-state index contributed by atoms with van der Waals surface area (Å²) < 4.78 is 0. The van der Waals surface area contributed by atoms with E-state index in [1.165, 1.54) is 51.7 Å². The van der Waals surface area contributed by atoms with Gasteiger partial charge in [-0.1, -0.05) is 53.9 Å². The Labute approximate surface area is 115 Å². The molecule has 1 aliphatic heterocycles. The number of hydrogen-bond acceptors (Lipinski definition) is 2. The molecule has 0 saturated carbocycles. The second-order valence-electron chi connectivity index (χ2n) is 6.97. The zero-order valence-corrected chi connectivity index (χ0v) is 13.3. The van der Waals surface area contributed by atoms with Crippen LogP contribution in [0.25, 0.3) is 0 Å². The van der Waals surface area contributed by atoms with E-state index in [9.17, 15) is 0 Å². The monoisotopic (exact) mass is 254 g/mol. The smallest absolute Gasteiger partial charge is 0.0244 e. The first-order valence-electron chi connectivity index (χ1n) is 7.96. The number of nitrogens with zero attached hydrogens (tertiary/aromatic N) is 1. The van der Waals surface area contributed by atoms with Gasteiger partial charge < -0.3 is 5.32 Å². The average Bonchev–Trinajstić information content (AvgIpc) is 2.30. The molecule has 1 heterocycles. The maximum atomic E-state index is 3.77. The lowest BCUT2D eigenvalue weighted by Crippen LogP contribution is -2.60. The first-order chi connectivity index (χ1) is 8.49. The molecule has 1 saturated heterocycles. The molecule has 1 N–H and O–H groups in total. The molecular weight excluding hydrogens is 220 g/mol. The lowest BCUT2D eigenvalue weighted by atomic mass is 9.84. The van der Waals surface area contributed by atoms with Crippen LogP contribution in [0.2, 0.25) is 0 Å². The Bertz CT molecular complexity index is 220. The second kappa shape index (κ2) is 7.49. The van der Waals surface area contributed by atoms with Crippen LogP contribution in [0, 0.1) is 5.41 Å².